The molecule has 1 unspecified atom stereocenters. The number of aromatic nitrogens is 2. The van der Waals surface area contributed by atoms with Crippen LogP contribution in [0.1, 0.15) is 38.6 Å². The molecular weight excluding hydrogens is 456 g/mol. The molecule has 3 heterocycles. The van der Waals surface area contributed by atoms with Crippen molar-refractivity contribution >= 4 is 23.4 Å². The van der Waals surface area contributed by atoms with Crippen LogP contribution in [0.25, 0.3) is 0 Å². The molecule has 0 saturated carbocycles. The van der Waals surface area contributed by atoms with Crippen LogP contribution in [0.15, 0.2) is 67.1 Å². The number of nitrogens with zero attached hydrogens (tertiary/aromatic N) is 3. The van der Waals surface area contributed by atoms with Crippen LogP contribution in [0.5, 0.6) is 11.6 Å². The SMILES string of the molecule is COc1cc(C(=O)N2CC[C@@H](NC(=O)c3cccnc3)[C@H](c3ccccc3)C2Cl)cnc1OC. The Bertz CT molecular complexity index is 1150. The summed E-state index contributed by atoms with van der Waals surface area (Å²) >= 11 is 6.95. The van der Waals surface area contributed by atoms with Gasteiger partial charge >= 0.3 is 0 Å². The molecule has 1 aromatic carbocycles. The van der Waals surface area contributed by atoms with E-state index in [1.54, 1.807) is 29.3 Å². The van der Waals surface area contributed by atoms with Gasteiger partial charge in [0.1, 0.15) is 5.50 Å². The van der Waals surface area contributed by atoms with Crippen molar-refractivity contribution in [1.29, 1.82) is 0 Å². The number of carbonyl (C=O) groups excluding carboxylic acids is 2. The third-order valence-electron chi connectivity index (χ3n) is 5.87. The monoisotopic (exact) mass is 480 g/mol. The van der Waals surface area contributed by atoms with Gasteiger partial charge in [0.05, 0.1) is 25.3 Å². The number of methoxy groups -OCH3 is 2. The average Bonchev–Trinajstić information content (AvgIpc) is 2.89. The summed E-state index contributed by atoms with van der Waals surface area (Å²) in [7, 11) is 2.97. The number of likely N-dealkylation sites (tertiary alicyclic amines) is 1. The molecule has 0 aliphatic carbocycles. The summed E-state index contributed by atoms with van der Waals surface area (Å²) in [6.07, 6.45) is 5.11. The molecule has 4 rings (SSSR count). The van der Waals surface area contributed by atoms with Crippen LogP contribution in [0.2, 0.25) is 0 Å². The molecule has 2 amide bonds. The van der Waals surface area contributed by atoms with E-state index in [1.165, 1.54) is 26.6 Å². The number of amides is 2. The van der Waals surface area contributed by atoms with E-state index in [4.69, 9.17) is 21.1 Å². The van der Waals surface area contributed by atoms with Gasteiger partial charge in [-0.1, -0.05) is 41.9 Å². The molecule has 1 aliphatic rings. The van der Waals surface area contributed by atoms with Crippen molar-refractivity contribution < 1.29 is 19.1 Å². The van der Waals surface area contributed by atoms with Gasteiger partial charge < -0.3 is 19.7 Å². The molecule has 9 heteroatoms. The van der Waals surface area contributed by atoms with E-state index >= 15 is 0 Å². The van der Waals surface area contributed by atoms with Gasteiger partial charge in [-0.05, 0) is 24.1 Å². The zero-order valence-corrected chi connectivity index (χ0v) is 19.6. The van der Waals surface area contributed by atoms with Crippen LogP contribution < -0.4 is 14.8 Å². The highest BCUT2D eigenvalue weighted by molar-refractivity contribution is 6.22. The number of pyridine rings is 2. The topological polar surface area (TPSA) is 93.7 Å². The Morgan fingerprint density at radius 1 is 1.06 bits per heavy atom. The van der Waals surface area contributed by atoms with E-state index in [1.807, 2.05) is 30.3 Å². The largest absolute Gasteiger partial charge is 0.491 e. The maximum Gasteiger partial charge on any atom is 0.256 e. The minimum Gasteiger partial charge on any atom is -0.491 e. The smallest absolute Gasteiger partial charge is 0.256 e. The van der Waals surface area contributed by atoms with Crippen LogP contribution >= 0.6 is 11.6 Å². The maximum absolute atomic E-state index is 13.4. The van der Waals surface area contributed by atoms with Crippen molar-refractivity contribution in [2.75, 3.05) is 20.8 Å². The third kappa shape index (κ3) is 4.82. The first-order valence-electron chi connectivity index (χ1n) is 10.8. The van der Waals surface area contributed by atoms with Crippen molar-refractivity contribution in [2.45, 2.75) is 23.9 Å². The lowest BCUT2D eigenvalue weighted by molar-refractivity contribution is 0.0626. The molecule has 0 bridgehead atoms. The number of piperidine rings is 1. The number of halogens is 1. The van der Waals surface area contributed by atoms with Gasteiger partial charge in [-0.2, -0.15) is 0 Å². The first kappa shape index (κ1) is 23.5. The summed E-state index contributed by atoms with van der Waals surface area (Å²) in [4.78, 5) is 36.1. The molecule has 1 N–H and O–H groups in total. The van der Waals surface area contributed by atoms with Crippen molar-refractivity contribution in [3.8, 4) is 11.6 Å². The van der Waals surface area contributed by atoms with E-state index in [0.717, 1.165) is 5.56 Å². The first-order chi connectivity index (χ1) is 16.5. The zero-order chi connectivity index (χ0) is 24.1. The lowest BCUT2D eigenvalue weighted by atomic mass is 9.85. The van der Waals surface area contributed by atoms with Crippen LogP contribution in [0, 0.1) is 0 Å². The van der Waals surface area contributed by atoms with E-state index < -0.39 is 5.50 Å². The second-order valence-corrected chi connectivity index (χ2v) is 8.30. The Balaban J connectivity index is 1.61. The molecule has 2 aromatic heterocycles. The van der Waals surface area contributed by atoms with Crippen LogP contribution in [-0.4, -0.2) is 59.0 Å². The number of ether oxygens (including phenoxy) is 2. The van der Waals surface area contributed by atoms with Crippen molar-refractivity contribution in [3.05, 3.63) is 83.8 Å². The van der Waals surface area contributed by atoms with Gasteiger partial charge in [0.15, 0.2) is 5.75 Å². The van der Waals surface area contributed by atoms with Gasteiger partial charge in [-0.15, -0.1) is 0 Å². The fraction of sp³-hybridized carbons (Fsp3) is 0.280. The lowest BCUT2D eigenvalue weighted by Crippen LogP contribution is -2.55. The van der Waals surface area contributed by atoms with Gasteiger partial charge in [-0.25, -0.2) is 4.98 Å². The quantitative estimate of drug-likeness (QED) is 0.429. The molecule has 0 radical (unpaired) electrons. The fourth-order valence-electron chi connectivity index (χ4n) is 4.17. The molecular formula is C25H25ClN4O4. The Kier molecular flexibility index (Phi) is 7.27. The average molecular weight is 481 g/mol. The number of carbonyl (C=O) groups is 2. The molecule has 34 heavy (non-hydrogen) atoms. The summed E-state index contributed by atoms with van der Waals surface area (Å²) in [5.41, 5.74) is 1.04. The summed E-state index contributed by atoms with van der Waals surface area (Å²) in [5, 5.41) is 3.10. The standard InChI is InChI=1S/C25H25ClN4O4/c1-33-20-13-18(15-28-24(20)34-2)25(32)30-12-10-19(29-23(31)17-9-6-11-27-14-17)21(22(30)26)16-7-4-3-5-8-16/h3-9,11,13-15,19,21-22H,10,12H2,1-2H3,(H,29,31)/t19-,21+,22?/m1/s1. The molecule has 3 aromatic rings. The van der Waals surface area contributed by atoms with Gasteiger partial charge in [0.2, 0.25) is 0 Å². The molecule has 0 spiro atoms. The van der Waals surface area contributed by atoms with Crippen molar-refractivity contribution in [2.24, 2.45) is 0 Å². The zero-order valence-electron chi connectivity index (χ0n) is 18.8. The highest BCUT2D eigenvalue weighted by Gasteiger charge is 2.41. The van der Waals surface area contributed by atoms with Crippen molar-refractivity contribution in [3.63, 3.8) is 0 Å². The van der Waals surface area contributed by atoms with E-state index in [-0.39, 0.29) is 23.8 Å². The number of hydrogen-bond acceptors (Lipinski definition) is 6. The summed E-state index contributed by atoms with van der Waals surface area (Å²) < 4.78 is 10.5. The Labute approximate surface area is 202 Å². The van der Waals surface area contributed by atoms with Gasteiger partial charge in [-0.3, -0.25) is 14.6 Å². The number of nitrogens with one attached hydrogen (secondary N) is 1. The second kappa shape index (κ2) is 10.5. The molecule has 1 fully saturated rings. The van der Waals surface area contributed by atoms with Gasteiger partial charge in [0.25, 0.3) is 17.7 Å². The summed E-state index contributed by atoms with van der Waals surface area (Å²) in [5.74, 6) is -0.175. The molecule has 1 aliphatic heterocycles. The van der Waals surface area contributed by atoms with E-state index in [0.29, 0.717) is 35.7 Å². The number of rotatable bonds is 6. The summed E-state index contributed by atoms with van der Waals surface area (Å²) in [6.45, 7) is 0.364. The predicted octanol–water partition coefficient (Wildman–Crippen LogP) is 3.49. The number of alkyl halides is 1. The summed E-state index contributed by atoms with van der Waals surface area (Å²) in [6, 6.07) is 14.4. The number of hydrogen-bond donors (Lipinski definition) is 1. The normalized spacial score (nSPS) is 19.9. The van der Waals surface area contributed by atoms with Gasteiger partial charge in [0, 0.05) is 43.2 Å². The fourth-order valence-corrected chi connectivity index (χ4v) is 4.68. The van der Waals surface area contributed by atoms with E-state index in [2.05, 4.69) is 15.3 Å². The van der Waals surface area contributed by atoms with Crippen LogP contribution in [0.3, 0.4) is 0 Å². The second-order valence-electron chi connectivity index (χ2n) is 7.85. The molecule has 8 nitrogen and oxygen atoms in total. The Morgan fingerprint density at radius 2 is 1.85 bits per heavy atom. The molecule has 1 saturated heterocycles. The van der Waals surface area contributed by atoms with Crippen LogP contribution in [-0.2, 0) is 0 Å². The Morgan fingerprint density at radius 3 is 2.53 bits per heavy atom. The Hall–Kier alpha value is -3.65. The maximum atomic E-state index is 13.4. The van der Waals surface area contributed by atoms with Crippen LogP contribution in [0.4, 0.5) is 0 Å². The minimum absolute atomic E-state index is 0.230. The number of benzene rings is 1. The highest BCUT2D eigenvalue weighted by Crippen LogP contribution is 2.37. The van der Waals surface area contributed by atoms with E-state index in [9.17, 15) is 9.59 Å². The lowest BCUT2D eigenvalue weighted by Gasteiger charge is -2.43. The highest BCUT2D eigenvalue weighted by atomic mass is 35.5. The molecule has 3 atom stereocenters. The predicted molar refractivity (Wildman–Crippen MR) is 127 cm³/mol. The molecule has 176 valence electrons. The third-order valence-corrected chi connectivity index (χ3v) is 6.38. The van der Waals surface area contributed by atoms with Crippen molar-refractivity contribution in [1.82, 2.24) is 20.2 Å². The minimum atomic E-state index is -0.698. The first-order valence-corrected chi connectivity index (χ1v) is 11.3.